The second-order valence-corrected chi connectivity index (χ2v) is 39.8. The van der Waals surface area contributed by atoms with Crippen molar-refractivity contribution in [2.45, 2.75) is 197 Å². The Morgan fingerprint density at radius 1 is 0.374 bits per heavy atom. The lowest BCUT2D eigenvalue weighted by molar-refractivity contribution is 0.590. The highest BCUT2D eigenvalue weighted by molar-refractivity contribution is 7.00. The quantitative estimate of drug-likeness (QED) is 0.0978. The van der Waals surface area contributed by atoms with E-state index >= 15 is 0 Å². The van der Waals surface area contributed by atoms with Crippen LogP contribution in [0.1, 0.15) is 203 Å². The molecule has 2 aliphatic rings. The largest absolute Gasteiger partial charge is 0.393 e. The number of pyridine rings is 1. The van der Waals surface area contributed by atoms with E-state index in [1.807, 2.05) is 7.05 Å². The van der Waals surface area contributed by atoms with Gasteiger partial charge < -0.3 is 24.3 Å². The molecule has 0 amide bonds. The first-order valence-corrected chi connectivity index (χ1v) is 41.7. The fourth-order valence-electron chi connectivity index (χ4n) is 17.6. The maximum atomic E-state index is 5.36. The molecular weight excluding hydrogens is 1390 g/mol. The zero-order valence-corrected chi connectivity index (χ0v) is 72.3. The molecule has 0 fully saturated rings. The highest BCUT2D eigenvalue weighted by Crippen LogP contribution is 2.53. The molecule has 5 heterocycles. The Labute approximate surface area is 685 Å². The van der Waals surface area contributed by atoms with Crippen LogP contribution in [0.2, 0.25) is 0 Å². The Balaban J connectivity index is 1.08. The lowest BCUT2D eigenvalue weighted by atomic mass is 9.33. The van der Waals surface area contributed by atoms with Crippen molar-refractivity contribution in [3.05, 3.63) is 311 Å². The molecule has 0 atom stereocenters. The van der Waals surface area contributed by atoms with Crippen LogP contribution in [0.3, 0.4) is 0 Å². The van der Waals surface area contributed by atoms with E-state index in [0.717, 1.165) is 96.4 Å². The first-order valence-electron chi connectivity index (χ1n) is 41.7. The van der Waals surface area contributed by atoms with E-state index in [0.29, 0.717) is 0 Å². The normalized spacial score (nSPS) is 13.9. The topological polar surface area (TPSA) is 41.3 Å². The molecule has 16 rings (SSSR count). The zero-order valence-electron chi connectivity index (χ0n) is 72.3. The van der Waals surface area contributed by atoms with Crippen LogP contribution in [-0.2, 0) is 37.9 Å². The molecule has 0 aliphatic carbocycles. The summed E-state index contributed by atoms with van der Waals surface area (Å²) in [6.45, 7) is 50.7. The van der Waals surface area contributed by atoms with Gasteiger partial charge in [0.1, 0.15) is 0 Å². The zero-order chi connectivity index (χ0) is 81.5. The van der Waals surface area contributed by atoms with E-state index in [-0.39, 0.29) is 44.6 Å². The van der Waals surface area contributed by atoms with Crippen molar-refractivity contribution in [1.82, 2.24) is 19.4 Å². The summed E-state index contributed by atoms with van der Waals surface area (Å²) < 4.78 is 5.11. The molecule has 14 aromatic rings. The SMILES string of the molecule is CC/C=C/C=C(/C(=C\NC)c1ccc(C(C)(C)C)cc1)N1c2cc(-n3c4ccc(C(C)(C)C)cc4c4cc(C(C)(C)C)ccc43)ccc2B2c3ccc(-n4c5ccc(C(C)(C)C)cc5c5cc(C(C)(C)C)ccc54)cc3N(c3c(-c4ccc(C(C)(C)C)cc4)cncc3-c3ccc(C(C)(C)C)cc3)c3cc(-c4ccccc4)cc1c32. The highest BCUT2D eigenvalue weighted by Gasteiger charge is 2.46. The van der Waals surface area contributed by atoms with Gasteiger partial charge in [-0.3, -0.25) is 4.98 Å². The Kier molecular flexibility index (Phi) is 19.2. The number of hydrogen-bond acceptors (Lipinski definition) is 4. The van der Waals surface area contributed by atoms with Crippen LogP contribution in [0.4, 0.5) is 28.4 Å². The van der Waals surface area contributed by atoms with Gasteiger partial charge in [0.25, 0.3) is 6.71 Å². The molecule has 1 N–H and O–H groups in total. The van der Waals surface area contributed by atoms with Crippen molar-refractivity contribution in [2.75, 3.05) is 16.8 Å². The van der Waals surface area contributed by atoms with Crippen molar-refractivity contribution in [3.63, 3.8) is 0 Å². The van der Waals surface area contributed by atoms with Gasteiger partial charge in [0.05, 0.1) is 33.5 Å². The van der Waals surface area contributed by atoms with Gasteiger partial charge in [-0.2, -0.15) is 0 Å². The predicted molar refractivity (Wildman–Crippen MR) is 499 cm³/mol. The first-order chi connectivity index (χ1) is 54.4. The van der Waals surface area contributed by atoms with Crippen LogP contribution >= 0.6 is 0 Å². The maximum Gasteiger partial charge on any atom is 0.252 e. The summed E-state index contributed by atoms with van der Waals surface area (Å²) in [4.78, 5) is 10.7. The maximum absolute atomic E-state index is 5.36. The van der Waals surface area contributed by atoms with Crippen LogP contribution < -0.4 is 31.5 Å². The van der Waals surface area contributed by atoms with E-state index < -0.39 is 0 Å². The summed E-state index contributed by atoms with van der Waals surface area (Å²) in [7, 11) is 2.05. The minimum Gasteiger partial charge on any atom is -0.393 e. The number of nitrogens with one attached hydrogen (secondary N) is 1. The van der Waals surface area contributed by atoms with Crippen molar-refractivity contribution >= 4 is 101 Å². The molecule has 0 saturated carbocycles. The lowest BCUT2D eigenvalue weighted by Crippen LogP contribution is -2.62. The van der Waals surface area contributed by atoms with E-state index in [1.54, 1.807) is 0 Å². The molecule has 0 unspecified atom stereocenters. The summed E-state index contributed by atoms with van der Waals surface area (Å²) in [6, 6.07) is 88.1. The second-order valence-electron chi connectivity index (χ2n) is 39.8. The minimum absolute atomic E-state index is 0.0590. The summed E-state index contributed by atoms with van der Waals surface area (Å²) in [6.07, 6.45) is 14.3. The van der Waals surface area contributed by atoms with E-state index in [4.69, 9.17) is 4.98 Å². The molecule has 6 nitrogen and oxygen atoms in total. The lowest BCUT2D eigenvalue weighted by Gasteiger charge is -2.46. The fourth-order valence-corrected chi connectivity index (χ4v) is 17.6. The fraction of sp³-hybridized carbons (Fsp3) is 0.287. The third-order valence-corrected chi connectivity index (χ3v) is 24.4. The van der Waals surface area contributed by atoms with Crippen LogP contribution in [0.15, 0.2) is 267 Å². The molecule has 0 saturated heterocycles. The Morgan fingerprint density at radius 3 is 1.16 bits per heavy atom. The van der Waals surface area contributed by atoms with E-state index in [9.17, 15) is 0 Å². The van der Waals surface area contributed by atoms with Gasteiger partial charge in [-0.1, -0.05) is 304 Å². The third kappa shape index (κ3) is 14.1. The van der Waals surface area contributed by atoms with Crippen LogP contribution in [0.25, 0.3) is 93.9 Å². The standard InChI is InChI=1S/C108H115BN6/c1-24-25-27-32-91(86(65-110-23)69-33-39-73(40-34-69)102(2,3)4)114-96-63-80(112-92-53-45-76(105(11,12)13)59-82(92)83-60-77(106(14,15)16)46-54-93(83)112)49-51-89(96)109-90-52-50-81(113-94-55-47-78(107(17,18)19)61-84(94)85-62-79(108(20,21)22)48-56-95(85)113)64-97(90)115(99-58-72(57-98(114)100(99)109)68-30-28-26-29-31-68)101-87(70-35-41-74(42-36-70)103(5,6)7)66-111-67-88(101)71-37-43-75(44-38-71)104(8,9)10/h25-67,110H,24H2,1-23H3/b27-25+,86-65-,91-32-. The summed E-state index contributed by atoms with van der Waals surface area (Å²) in [5, 5.41) is 8.65. The van der Waals surface area contributed by atoms with Crippen LogP contribution in [-0.4, -0.2) is 27.9 Å². The molecule has 11 aromatic carbocycles. The van der Waals surface area contributed by atoms with E-state index in [2.05, 4.69) is 438 Å². The number of nitrogens with zero attached hydrogens (tertiary/aromatic N) is 5. The monoisotopic (exact) mass is 1510 g/mol. The summed E-state index contributed by atoms with van der Waals surface area (Å²) in [5.74, 6) is 0. The smallest absolute Gasteiger partial charge is 0.252 e. The van der Waals surface area contributed by atoms with Crippen LogP contribution in [0.5, 0.6) is 0 Å². The molecule has 0 bridgehead atoms. The molecule has 115 heavy (non-hydrogen) atoms. The number of fused-ring (bicyclic) bond motifs is 10. The number of anilines is 5. The highest BCUT2D eigenvalue weighted by atomic mass is 15.2. The van der Waals surface area contributed by atoms with Gasteiger partial charge in [-0.25, -0.2) is 0 Å². The van der Waals surface area contributed by atoms with Gasteiger partial charge in [0.2, 0.25) is 0 Å². The predicted octanol–water partition coefficient (Wildman–Crippen LogP) is 27.2. The van der Waals surface area contributed by atoms with Gasteiger partial charge in [0, 0.05) is 98.0 Å². The molecule has 7 heteroatoms. The Bertz CT molecular complexity index is 6020. The third-order valence-electron chi connectivity index (χ3n) is 24.4. The molecule has 0 radical (unpaired) electrons. The van der Waals surface area contributed by atoms with E-state index in [1.165, 1.54) is 98.9 Å². The van der Waals surface area contributed by atoms with Crippen molar-refractivity contribution in [2.24, 2.45) is 0 Å². The van der Waals surface area contributed by atoms with Gasteiger partial charge in [-0.05, 0) is 218 Å². The average Bonchev–Trinajstić information content (AvgIpc) is 0.992. The molecular formula is C108H115BN6. The first kappa shape index (κ1) is 77.8. The van der Waals surface area contributed by atoms with Crippen molar-refractivity contribution in [1.29, 1.82) is 0 Å². The van der Waals surface area contributed by atoms with Crippen molar-refractivity contribution in [3.8, 4) is 44.8 Å². The summed E-state index contributed by atoms with van der Waals surface area (Å²) in [5.41, 5.74) is 34.1. The Hall–Kier alpha value is -11.1. The Morgan fingerprint density at radius 2 is 0.757 bits per heavy atom. The van der Waals surface area contributed by atoms with Gasteiger partial charge in [0.15, 0.2) is 0 Å². The number of aromatic nitrogens is 3. The van der Waals surface area contributed by atoms with Crippen molar-refractivity contribution < 1.29 is 0 Å². The average molecular weight is 1510 g/mol. The molecule has 3 aromatic heterocycles. The number of rotatable bonds is 12. The molecule has 580 valence electrons. The van der Waals surface area contributed by atoms with Gasteiger partial charge >= 0.3 is 0 Å². The molecule has 0 spiro atoms. The van der Waals surface area contributed by atoms with Gasteiger partial charge in [-0.15, -0.1) is 0 Å². The summed E-state index contributed by atoms with van der Waals surface area (Å²) >= 11 is 0. The number of hydrogen-bond donors (Lipinski definition) is 1. The van der Waals surface area contributed by atoms with Crippen LogP contribution in [0, 0.1) is 0 Å². The number of benzene rings is 11. The minimum atomic E-state index is -0.291. The number of allylic oxidation sites excluding steroid dienone is 4. The second kappa shape index (κ2) is 28.4. The molecule has 2 aliphatic heterocycles.